The van der Waals surface area contributed by atoms with E-state index in [-0.39, 0.29) is 11.7 Å². The molecule has 0 bridgehead atoms. The minimum atomic E-state index is -0.0933. The molecule has 6 nitrogen and oxygen atoms in total. The monoisotopic (exact) mass is 444 g/mol. The molecule has 0 fully saturated rings. The molecular weight excluding hydrogens is 428 g/mol. The quantitative estimate of drug-likeness (QED) is 0.377. The molecule has 0 unspecified atom stereocenters. The molecule has 0 radical (unpaired) electrons. The zero-order valence-electron chi connectivity index (χ0n) is 16.2. The van der Waals surface area contributed by atoms with Gasteiger partial charge in [0.25, 0.3) is 0 Å². The number of carbonyl (C=O) groups is 2. The van der Waals surface area contributed by atoms with Gasteiger partial charge in [0.1, 0.15) is 0 Å². The molecule has 0 saturated heterocycles. The summed E-state index contributed by atoms with van der Waals surface area (Å²) in [7, 11) is 0. The standard InChI is InChI=1S/C23H16N4O2S2/c28-21(13-17-6-2-10-30-17)26-16-5-1-4-15(12-16)19-8-9-24-23-18(14-25-27(19)23)22(29)20-7-3-11-31-20/h1-12,14H,13H2,(H,26,28). The van der Waals surface area contributed by atoms with E-state index in [0.29, 0.717) is 28.2 Å². The number of benzene rings is 1. The lowest BCUT2D eigenvalue weighted by Crippen LogP contribution is -2.13. The number of amides is 1. The highest BCUT2D eigenvalue weighted by Crippen LogP contribution is 2.25. The molecule has 0 aliphatic carbocycles. The van der Waals surface area contributed by atoms with Crippen molar-refractivity contribution in [2.24, 2.45) is 0 Å². The molecule has 1 amide bonds. The van der Waals surface area contributed by atoms with Gasteiger partial charge in [0.15, 0.2) is 5.65 Å². The first kappa shape index (κ1) is 19.3. The van der Waals surface area contributed by atoms with Gasteiger partial charge in [-0.05, 0) is 41.1 Å². The lowest BCUT2D eigenvalue weighted by Gasteiger charge is -2.09. The molecule has 5 aromatic rings. The van der Waals surface area contributed by atoms with Crippen LogP contribution in [0.25, 0.3) is 16.9 Å². The first-order valence-electron chi connectivity index (χ1n) is 9.52. The molecule has 1 aromatic carbocycles. The molecule has 5 rings (SSSR count). The highest BCUT2D eigenvalue weighted by molar-refractivity contribution is 7.12. The maximum Gasteiger partial charge on any atom is 0.229 e. The Balaban J connectivity index is 1.45. The summed E-state index contributed by atoms with van der Waals surface area (Å²) in [6, 6.07) is 16.9. The Morgan fingerprint density at radius 2 is 1.87 bits per heavy atom. The summed E-state index contributed by atoms with van der Waals surface area (Å²) in [5, 5.41) is 11.2. The van der Waals surface area contributed by atoms with Crippen LogP contribution in [0.15, 0.2) is 77.8 Å². The van der Waals surface area contributed by atoms with Gasteiger partial charge in [-0.2, -0.15) is 5.10 Å². The van der Waals surface area contributed by atoms with Gasteiger partial charge >= 0.3 is 0 Å². The van der Waals surface area contributed by atoms with Crippen LogP contribution in [0.3, 0.4) is 0 Å². The number of aromatic nitrogens is 3. The van der Waals surface area contributed by atoms with E-state index < -0.39 is 0 Å². The van der Waals surface area contributed by atoms with E-state index in [2.05, 4.69) is 15.4 Å². The number of rotatable bonds is 6. The van der Waals surface area contributed by atoms with Gasteiger partial charge in [0.05, 0.1) is 28.8 Å². The van der Waals surface area contributed by atoms with Crippen molar-refractivity contribution in [2.75, 3.05) is 5.32 Å². The Labute approximate surface area is 185 Å². The van der Waals surface area contributed by atoms with Crippen molar-refractivity contribution >= 4 is 45.7 Å². The smallest absolute Gasteiger partial charge is 0.229 e. The summed E-state index contributed by atoms with van der Waals surface area (Å²) in [6.45, 7) is 0. The second-order valence-corrected chi connectivity index (χ2v) is 8.80. The minimum absolute atomic E-state index is 0.0672. The van der Waals surface area contributed by atoms with Gasteiger partial charge in [0, 0.05) is 22.3 Å². The van der Waals surface area contributed by atoms with E-state index in [1.54, 1.807) is 34.3 Å². The molecule has 8 heteroatoms. The molecule has 0 aliphatic rings. The Hall–Kier alpha value is -3.62. The third-order valence-electron chi connectivity index (χ3n) is 4.75. The van der Waals surface area contributed by atoms with Crippen molar-refractivity contribution in [1.29, 1.82) is 0 Å². The summed E-state index contributed by atoms with van der Waals surface area (Å²) in [5.41, 5.74) is 3.31. The van der Waals surface area contributed by atoms with E-state index in [0.717, 1.165) is 16.1 Å². The number of ketones is 1. The SMILES string of the molecule is O=C(Cc1cccs1)Nc1cccc(-c2ccnc3c(C(=O)c4cccs4)cnn23)c1. The number of thiophene rings is 2. The zero-order valence-corrected chi connectivity index (χ0v) is 17.8. The molecule has 4 aromatic heterocycles. The number of nitrogens with zero attached hydrogens (tertiary/aromatic N) is 3. The van der Waals surface area contributed by atoms with E-state index in [1.165, 1.54) is 11.3 Å². The highest BCUT2D eigenvalue weighted by Gasteiger charge is 2.18. The lowest BCUT2D eigenvalue weighted by atomic mass is 10.1. The normalized spacial score (nSPS) is 11.0. The number of anilines is 1. The van der Waals surface area contributed by atoms with Gasteiger partial charge in [-0.25, -0.2) is 9.50 Å². The predicted octanol–water partition coefficient (Wildman–Crippen LogP) is 4.93. The second kappa shape index (κ2) is 8.25. The predicted molar refractivity (Wildman–Crippen MR) is 123 cm³/mol. The van der Waals surface area contributed by atoms with Crippen LogP contribution in [-0.2, 0) is 11.2 Å². The van der Waals surface area contributed by atoms with Crippen molar-refractivity contribution in [3.63, 3.8) is 0 Å². The average molecular weight is 445 g/mol. The average Bonchev–Trinajstić information content (AvgIpc) is 3.54. The van der Waals surface area contributed by atoms with Gasteiger partial charge in [-0.15, -0.1) is 22.7 Å². The van der Waals surface area contributed by atoms with E-state index >= 15 is 0 Å². The van der Waals surface area contributed by atoms with E-state index in [1.807, 2.05) is 59.3 Å². The molecule has 0 spiro atoms. The highest BCUT2D eigenvalue weighted by atomic mass is 32.1. The summed E-state index contributed by atoms with van der Waals surface area (Å²) >= 11 is 2.95. The Morgan fingerprint density at radius 3 is 2.68 bits per heavy atom. The molecule has 4 heterocycles. The Kier molecular flexibility index (Phi) is 5.15. The van der Waals surface area contributed by atoms with Crippen LogP contribution >= 0.6 is 22.7 Å². The first-order valence-corrected chi connectivity index (χ1v) is 11.3. The third kappa shape index (κ3) is 3.90. The van der Waals surface area contributed by atoms with Crippen molar-refractivity contribution < 1.29 is 9.59 Å². The number of hydrogen-bond donors (Lipinski definition) is 1. The number of nitrogens with one attached hydrogen (secondary N) is 1. The van der Waals surface area contributed by atoms with Crippen LogP contribution in [0, 0.1) is 0 Å². The van der Waals surface area contributed by atoms with Crippen molar-refractivity contribution in [1.82, 2.24) is 14.6 Å². The van der Waals surface area contributed by atoms with Crippen molar-refractivity contribution in [2.45, 2.75) is 6.42 Å². The third-order valence-corrected chi connectivity index (χ3v) is 6.49. The van der Waals surface area contributed by atoms with Crippen LogP contribution in [0.1, 0.15) is 20.1 Å². The number of fused-ring (bicyclic) bond motifs is 1. The maximum atomic E-state index is 12.8. The van der Waals surface area contributed by atoms with Gasteiger partial charge in [-0.1, -0.05) is 24.3 Å². The van der Waals surface area contributed by atoms with Gasteiger partial charge in [0.2, 0.25) is 11.7 Å². The maximum absolute atomic E-state index is 12.8. The summed E-state index contributed by atoms with van der Waals surface area (Å²) in [5.74, 6) is -0.161. The molecule has 0 atom stereocenters. The van der Waals surface area contributed by atoms with Crippen LogP contribution in [-0.4, -0.2) is 26.3 Å². The topological polar surface area (TPSA) is 76.4 Å². The van der Waals surface area contributed by atoms with Crippen LogP contribution in [0.4, 0.5) is 5.69 Å². The lowest BCUT2D eigenvalue weighted by molar-refractivity contribution is -0.115. The molecule has 0 saturated carbocycles. The fourth-order valence-corrected chi connectivity index (χ4v) is 4.72. The molecule has 31 heavy (non-hydrogen) atoms. The van der Waals surface area contributed by atoms with Crippen molar-refractivity contribution in [3.8, 4) is 11.3 Å². The van der Waals surface area contributed by atoms with Gasteiger partial charge < -0.3 is 5.32 Å². The molecular formula is C23H16N4O2S2. The summed E-state index contributed by atoms with van der Waals surface area (Å²) in [4.78, 5) is 31.2. The molecule has 0 aliphatic heterocycles. The fraction of sp³-hybridized carbons (Fsp3) is 0.0435. The first-order chi connectivity index (χ1) is 15.2. The number of hydrogen-bond acceptors (Lipinski definition) is 6. The van der Waals surface area contributed by atoms with E-state index in [4.69, 9.17) is 0 Å². The summed E-state index contributed by atoms with van der Waals surface area (Å²) in [6.07, 6.45) is 3.56. The molecule has 1 N–H and O–H groups in total. The summed E-state index contributed by atoms with van der Waals surface area (Å²) < 4.78 is 1.66. The van der Waals surface area contributed by atoms with Gasteiger partial charge in [-0.3, -0.25) is 9.59 Å². The zero-order chi connectivity index (χ0) is 21.2. The second-order valence-electron chi connectivity index (χ2n) is 6.82. The van der Waals surface area contributed by atoms with Crippen LogP contribution in [0.5, 0.6) is 0 Å². The fourth-order valence-electron chi connectivity index (χ4n) is 3.34. The van der Waals surface area contributed by atoms with Crippen molar-refractivity contribution in [3.05, 3.63) is 93.1 Å². The molecule has 152 valence electrons. The largest absolute Gasteiger partial charge is 0.326 e. The van der Waals surface area contributed by atoms with E-state index in [9.17, 15) is 9.59 Å². The number of carbonyl (C=O) groups excluding carboxylic acids is 2. The minimum Gasteiger partial charge on any atom is -0.326 e. The van der Waals surface area contributed by atoms with Crippen LogP contribution < -0.4 is 5.32 Å². The Bertz CT molecular complexity index is 1370. The van der Waals surface area contributed by atoms with Crippen LogP contribution in [0.2, 0.25) is 0 Å². The Morgan fingerprint density at radius 1 is 1.00 bits per heavy atom.